The van der Waals surface area contributed by atoms with Gasteiger partial charge in [0.1, 0.15) is 11.3 Å². The molecule has 1 fully saturated rings. The third-order valence-corrected chi connectivity index (χ3v) is 6.72. The van der Waals surface area contributed by atoms with Gasteiger partial charge in [0.15, 0.2) is 0 Å². The Kier molecular flexibility index (Phi) is 7.17. The zero-order chi connectivity index (χ0) is 22.7. The lowest BCUT2D eigenvalue weighted by molar-refractivity contribution is 0.0943. The molecule has 1 aliphatic rings. The van der Waals surface area contributed by atoms with Crippen molar-refractivity contribution in [3.63, 3.8) is 0 Å². The number of amides is 1. The number of benzene rings is 1. The number of pyridine rings is 1. The maximum Gasteiger partial charge on any atom is 0.268 e. The number of rotatable bonds is 8. The van der Waals surface area contributed by atoms with Crippen LogP contribution in [0.25, 0.3) is 5.65 Å². The third kappa shape index (κ3) is 5.16. The molecule has 1 saturated heterocycles. The van der Waals surface area contributed by atoms with Crippen LogP contribution in [0.3, 0.4) is 0 Å². The highest BCUT2D eigenvalue weighted by atomic mass is 35.5. The number of fused-ring (bicyclic) bond motifs is 1. The van der Waals surface area contributed by atoms with E-state index < -0.39 is 0 Å². The van der Waals surface area contributed by atoms with Crippen LogP contribution in [0.1, 0.15) is 73.7 Å². The molecule has 4 rings (SSSR count). The molecule has 0 bridgehead atoms. The van der Waals surface area contributed by atoms with Crippen LogP contribution in [0.15, 0.2) is 48.7 Å². The first kappa shape index (κ1) is 22.8. The normalized spacial score (nSPS) is 16.5. The van der Waals surface area contributed by atoms with E-state index in [9.17, 15) is 4.79 Å². The predicted octanol–water partition coefficient (Wildman–Crippen LogP) is 5.70. The van der Waals surface area contributed by atoms with Gasteiger partial charge in [-0.2, -0.15) is 0 Å². The Morgan fingerprint density at radius 3 is 2.50 bits per heavy atom. The molecule has 32 heavy (non-hydrogen) atoms. The van der Waals surface area contributed by atoms with Gasteiger partial charge in [-0.3, -0.25) is 14.1 Å². The fourth-order valence-electron chi connectivity index (χ4n) is 4.68. The van der Waals surface area contributed by atoms with Crippen LogP contribution >= 0.6 is 11.6 Å². The fraction of sp³-hybridized carbons (Fsp3) is 0.462. The molecule has 170 valence electrons. The van der Waals surface area contributed by atoms with Gasteiger partial charge < -0.3 is 5.32 Å². The molecule has 3 heterocycles. The molecule has 2 aromatic heterocycles. The molecule has 5 nitrogen and oxygen atoms in total. The Morgan fingerprint density at radius 2 is 1.81 bits per heavy atom. The van der Waals surface area contributed by atoms with E-state index in [1.54, 1.807) is 0 Å². The van der Waals surface area contributed by atoms with Gasteiger partial charge in [-0.25, -0.2) is 4.98 Å². The van der Waals surface area contributed by atoms with E-state index in [0.717, 1.165) is 35.9 Å². The second kappa shape index (κ2) is 10.1. The average Bonchev–Trinajstić information content (AvgIpc) is 3.46. The molecule has 3 aromatic rings. The van der Waals surface area contributed by atoms with E-state index in [-0.39, 0.29) is 17.9 Å². The van der Waals surface area contributed by atoms with Gasteiger partial charge in [-0.15, -0.1) is 0 Å². The predicted molar refractivity (Wildman–Crippen MR) is 130 cm³/mol. The summed E-state index contributed by atoms with van der Waals surface area (Å²) in [6, 6.07) is 14.0. The fourth-order valence-corrected chi connectivity index (χ4v) is 4.81. The molecular weight excluding hydrogens is 420 g/mol. The Morgan fingerprint density at radius 1 is 1.09 bits per heavy atom. The van der Waals surface area contributed by atoms with Gasteiger partial charge in [0.25, 0.3) is 5.91 Å². The maximum atomic E-state index is 13.2. The number of carbonyl (C=O) groups is 1. The molecule has 1 aliphatic heterocycles. The zero-order valence-corrected chi connectivity index (χ0v) is 20.0. The van der Waals surface area contributed by atoms with Crippen LogP contribution in [0.5, 0.6) is 0 Å². The second-order valence-electron chi connectivity index (χ2n) is 9.31. The van der Waals surface area contributed by atoms with Gasteiger partial charge in [0.2, 0.25) is 0 Å². The average molecular weight is 453 g/mol. The topological polar surface area (TPSA) is 49.6 Å². The van der Waals surface area contributed by atoms with E-state index in [1.165, 1.54) is 18.4 Å². The number of likely N-dealkylation sites (tertiary alicyclic amines) is 1. The van der Waals surface area contributed by atoms with E-state index in [0.29, 0.717) is 18.2 Å². The summed E-state index contributed by atoms with van der Waals surface area (Å²) in [4.78, 5) is 20.5. The molecule has 1 amide bonds. The van der Waals surface area contributed by atoms with Crippen LogP contribution in [-0.2, 0) is 0 Å². The zero-order valence-electron chi connectivity index (χ0n) is 19.2. The summed E-state index contributed by atoms with van der Waals surface area (Å²) in [5.74, 6) is 0.694. The molecule has 0 aliphatic carbocycles. The first-order valence-corrected chi connectivity index (χ1v) is 12.1. The molecule has 6 heteroatoms. The highest BCUT2D eigenvalue weighted by molar-refractivity contribution is 6.30. The lowest BCUT2D eigenvalue weighted by atomic mass is 9.90. The summed E-state index contributed by atoms with van der Waals surface area (Å²) in [6.07, 6.45) is 5.51. The van der Waals surface area contributed by atoms with Crippen LogP contribution < -0.4 is 5.32 Å². The molecule has 0 radical (unpaired) electrons. The summed E-state index contributed by atoms with van der Waals surface area (Å²) in [5.41, 5.74) is 3.65. The van der Waals surface area contributed by atoms with Crippen molar-refractivity contribution < 1.29 is 4.79 Å². The number of nitrogens with zero attached hydrogens (tertiary/aromatic N) is 3. The van der Waals surface area contributed by atoms with Crippen molar-refractivity contribution in [3.8, 4) is 0 Å². The number of carbonyl (C=O) groups excluding carboxylic acids is 1. The van der Waals surface area contributed by atoms with Crippen LogP contribution in [0.2, 0.25) is 5.02 Å². The van der Waals surface area contributed by atoms with Crippen LogP contribution in [0, 0.1) is 5.92 Å². The van der Waals surface area contributed by atoms with Crippen molar-refractivity contribution in [2.75, 3.05) is 19.6 Å². The molecule has 0 spiro atoms. The molecule has 0 saturated carbocycles. The van der Waals surface area contributed by atoms with Crippen molar-refractivity contribution in [1.29, 1.82) is 0 Å². The number of halogens is 1. The van der Waals surface area contributed by atoms with Crippen LogP contribution in [0.4, 0.5) is 0 Å². The summed E-state index contributed by atoms with van der Waals surface area (Å²) in [5, 5.41) is 3.90. The minimum Gasteiger partial charge on any atom is -0.350 e. The van der Waals surface area contributed by atoms with Crippen molar-refractivity contribution in [2.45, 2.75) is 52.0 Å². The minimum absolute atomic E-state index is 0.0731. The van der Waals surface area contributed by atoms with E-state index in [1.807, 2.05) is 40.9 Å². The molecule has 2 atom stereocenters. The Hall–Kier alpha value is -2.37. The number of hydrogen-bond acceptors (Lipinski definition) is 3. The number of imidazole rings is 1. The number of nitrogens with one attached hydrogen (secondary N) is 1. The van der Waals surface area contributed by atoms with Gasteiger partial charge in [-0.05, 0) is 75.0 Å². The SMILES string of the molecule is CC(C)CC(CNC(=O)c1cccc2nc(C(C)N3CCCC3)cn12)c1ccc(Cl)cc1. The summed E-state index contributed by atoms with van der Waals surface area (Å²) < 4.78 is 1.93. The van der Waals surface area contributed by atoms with E-state index >= 15 is 0 Å². The van der Waals surface area contributed by atoms with Gasteiger partial charge >= 0.3 is 0 Å². The monoisotopic (exact) mass is 452 g/mol. The quantitative estimate of drug-likeness (QED) is 0.476. The standard InChI is InChI=1S/C26H33ClN4O/c1-18(2)15-21(20-9-11-22(27)12-10-20)16-28-26(32)24-7-6-8-25-29-23(17-31(24)25)19(3)30-13-4-5-14-30/h6-12,17-19,21H,4-5,13-16H2,1-3H3,(H,28,32). The van der Waals surface area contributed by atoms with Crippen LogP contribution in [-0.4, -0.2) is 39.8 Å². The molecule has 1 aromatic carbocycles. The number of hydrogen-bond donors (Lipinski definition) is 1. The first-order chi connectivity index (χ1) is 15.4. The molecular formula is C26H33ClN4O. The Balaban J connectivity index is 1.51. The van der Waals surface area contributed by atoms with Crippen molar-refractivity contribution >= 4 is 23.2 Å². The second-order valence-corrected chi connectivity index (χ2v) is 9.75. The van der Waals surface area contributed by atoms with Gasteiger partial charge in [-0.1, -0.05) is 43.6 Å². The lowest BCUT2D eigenvalue weighted by Crippen LogP contribution is -2.30. The molecule has 1 N–H and O–H groups in total. The van der Waals surface area contributed by atoms with E-state index in [4.69, 9.17) is 16.6 Å². The van der Waals surface area contributed by atoms with Crippen molar-refractivity contribution in [2.24, 2.45) is 5.92 Å². The summed E-state index contributed by atoms with van der Waals surface area (Å²) in [6.45, 7) is 9.44. The lowest BCUT2D eigenvalue weighted by Gasteiger charge is -2.21. The maximum absolute atomic E-state index is 13.2. The number of aromatic nitrogens is 2. The van der Waals surface area contributed by atoms with Gasteiger partial charge in [0.05, 0.1) is 11.7 Å². The van der Waals surface area contributed by atoms with Crippen molar-refractivity contribution in [3.05, 3.63) is 70.6 Å². The smallest absolute Gasteiger partial charge is 0.268 e. The summed E-state index contributed by atoms with van der Waals surface area (Å²) in [7, 11) is 0. The summed E-state index contributed by atoms with van der Waals surface area (Å²) >= 11 is 6.07. The van der Waals surface area contributed by atoms with Gasteiger partial charge in [0, 0.05) is 23.7 Å². The van der Waals surface area contributed by atoms with Crippen molar-refractivity contribution in [1.82, 2.24) is 19.6 Å². The first-order valence-electron chi connectivity index (χ1n) is 11.7. The Labute approximate surface area is 195 Å². The highest BCUT2D eigenvalue weighted by Gasteiger charge is 2.23. The third-order valence-electron chi connectivity index (χ3n) is 6.47. The van der Waals surface area contributed by atoms with E-state index in [2.05, 4.69) is 43.1 Å². The Bertz CT molecular complexity index is 1050. The molecule has 2 unspecified atom stereocenters. The minimum atomic E-state index is -0.0731. The largest absolute Gasteiger partial charge is 0.350 e. The highest BCUT2D eigenvalue weighted by Crippen LogP contribution is 2.26.